The van der Waals surface area contributed by atoms with Gasteiger partial charge in [-0.15, -0.1) is 0 Å². The summed E-state index contributed by atoms with van der Waals surface area (Å²) in [6, 6.07) is 4.17. The molecule has 0 unspecified atom stereocenters. The van der Waals surface area contributed by atoms with E-state index >= 15 is 0 Å². The standard InChI is InChI=1S/C13H20N2O3/c1-3-7-14(8-4-2)10-11-9-12(15(17)18)5-6-13(11)16/h5-6,9,16H,3-4,7-8,10H2,1-2H3. The van der Waals surface area contributed by atoms with Crippen molar-refractivity contribution < 1.29 is 10.0 Å². The lowest BCUT2D eigenvalue weighted by Gasteiger charge is -2.21. The van der Waals surface area contributed by atoms with Gasteiger partial charge in [0.25, 0.3) is 5.69 Å². The maximum Gasteiger partial charge on any atom is 0.270 e. The van der Waals surface area contributed by atoms with Gasteiger partial charge >= 0.3 is 0 Å². The monoisotopic (exact) mass is 252 g/mol. The van der Waals surface area contributed by atoms with Gasteiger partial charge in [-0.3, -0.25) is 15.0 Å². The van der Waals surface area contributed by atoms with Crippen molar-refractivity contribution in [1.82, 2.24) is 4.90 Å². The molecule has 0 aliphatic rings. The molecule has 0 aromatic heterocycles. The molecule has 0 aliphatic carbocycles. The van der Waals surface area contributed by atoms with Gasteiger partial charge in [0.15, 0.2) is 0 Å². The molecule has 0 amide bonds. The summed E-state index contributed by atoms with van der Waals surface area (Å²) >= 11 is 0. The molecule has 100 valence electrons. The Bertz CT molecular complexity index is 401. The Morgan fingerprint density at radius 2 is 1.89 bits per heavy atom. The zero-order valence-corrected chi connectivity index (χ0v) is 10.9. The fourth-order valence-electron chi connectivity index (χ4n) is 1.96. The summed E-state index contributed by atoms with van der Waals surface area (Å²) in [6.45, 7) is 6.59. The Hall–Kier alpha value is -1.62. The average Bonchev–Trinajstić information content (AvgIpc) is 2.32. The molecular formula is C13H20N2O3. The Balaban J connectivity index is 2.86. The lowest BCUT2D eigenvalue weighted by atomic mass is 10.1. The van der Waals surface area contributed by atoms with E-state index in [0.717, 1.165) is 25.9 Å². The van der Waals surface area contributed by atoms with Crippen LogP contribution in [0.15, 0.2) is 18.2 Å². The zero-order chi connectivity index (χ0) is 13.5. The Kier molecular flexibility index (Phi) is 5.58. The van der Waals surface area contributed by atoms with E-state index in [9.17, 15) is 15.2 Å². The third kappa shape index (κ3) is 4.00. The molecule has 0 atom stereocenters. The first-order chi connectivity index (χ1) is 8.58. The number of phenols is 1. The summed E-state index contributed by atoms with van der Waals surface area (Å²) < 4.78 is 0. The summed E-state index contributed by atoms with van der Waals surface area (Å²) in [7, 11) is 0. The van der Waals surface area contributed by atoms with E-state index in [2.05, 4.69) is 18.7 Å². The van der Waals surface area contributed by atoms with E-state index in [-0.39, 0.29) is 11.4 Å². The van der Waals surface area contributed by atoms with E-state index in [1.165, 1.54) is 18.2 Å². The van der Waals surface area contributed by atoms with Crippen molar-refractivity contribution in [2.45, 2.75) is 33.2 Å². The van der Waals surface area contributed by atoms with Gasteiger partial charge in [-0.05, 0) is 32.0 Å². The van der Waals surface area contributed by atoms with Crippen molar-refractivity contribution in [1.29, 1.82) is 0 Å². The number of nitrogens with zero attached hydrogens (tertiary/aromatic N) is 2. The number of aromatic hydroxyl groups is 1. The molecule has 1 rings (SSSR count). The Morgan fingerprint density at radius 3 is 2.39 bits per heavy atom. The van der Waals surface area contributed by atoms with E-state index in [4.69, 9.17) is 0 Å². The van der Waals surface area contributed by atoms with Gasteiger partial charge in [0, 0.05) is 24.2 Å². The number of hydrogen-bond donors (Lipinski definition) is 1. The van der Waals surface area contributed by atoms with Crippen LogP contribution in [0, 0.1) is 10.1 Å². The maximum absolute atomic E-state index is 10.7. The lowest BCUT2D eigenvalue weighted by Crippen LogP contribution is -2.24. The maximum atomic E-state index is 10.7. The molecule has 0 radical (unpaired) electrons. The van der Waals surface area contributed by atoms with Crippen molar-refractivity contribution >= 4 is 5.69 Å². The number of non-ortho nitro benzene ring substituents is 1. The van der Waals surface area contributed by atoms with Crippen molar-refractivity contribution in [2.24, 2.45) is 0 Å². The molecule has 0 aliphatic heterocycles. The summed E-state index contributed by atoms with van der Waals surface area (Å²) in [4.78, 5) is 12.5. The minimum absolute atomic E-state index is 0.0238. The molecule has 0 saturated carbocycles. The van der Waals surface area contributed by atoms with Crippen LogP contribution in [-0.4, -0.2) is 28.0 Å². The second kappa shape index (κ2) is 6.96. The van der Waals surface area contributed by atoms with Gasteiger partial charge in [-0.25, -0.2) is 0 Å². The lowest BCUT2D eigenvalue weighted by molar-refractivity contribution is -0.385. The van der Waals surface area contributed by atoms with Crippen molar-refractivity contribution in [3.05, 3.63) is 33.9 Å². The fourth-order valence-corrected chi connectivity index (χ4v) is 1.96. The summed E-state index contributed by atoms with van der Waals surface area (Å²) in [5.74, 6) is 0.123. The average molecular weight is 252 g/mol. The fraction of sp³-hybridized carbons (Fsp3) is 0.538. The Labute approximate surface area is 107 Å². The molecule has 0 saturated heterocycles. The third-order valence-corrected chi connectivity index (χ3v) is 2.75. The normalized spacial score (nSPS) is 10.8. The predicted octanol–water partition coefficient (Wildman–Crippen LogP) is 2.92. The molecule has 0 heterocycles. The van der Waals surface area contributed by atoms with Crippen LogP contribution in [0.2, 0.25) is 0 Å². The minimum atomic E-state index is -0.438. The smallest absolute Gasteiger partial charge is 0.270 e. The Morgan fingerprint density at radius 1 is 1.28 bits per heavy atom. The topological polar surface area (TPSA) is 66.6 Å². The second-order valence-corrected chi connectivity index (χ2v) is 4.35. The van der Waals surface area contributed by atoms with E-state index in [1.54, 1.807) is 0 Å². The number of nitro groups is 1. The number of benzene rings is 1. The second-order valence-electron chi connectivity index (χ2n) is 4.35. The van der Waals surface area contributed by atoms with Crippen LogP contribution in [0.1, 0.15) is 32.3 Å². The summed E-state index contributed by atoms with van der Waals surface area (Å²) in [5.41, 5.74) is 0.641. The van der Waals surface area contributed by atoms with E-state index in [1.807, 2.05) is 0 Å². The van der Waals surface area contributed by atoms with Crippen molar-refractivity contribution in [3.63, 3.8) is 0 Å². The molecule has 5 heteroatoms. The van der Waals surface area contributed by atoms with Crippen LogP contribution >= 0.6 is 0 Å². The third-order valence-electron chi connectivity index (χ3n) is 2.75. The van der Waals surface area contributed by atoms with Crippen LogP contribution in [0.3, 0.4) is 0 Å². The van der Waals surface area contributed by atoms with Gasteiger partial charge in [0.1, 0.15) is 5.75 Å². The van der Waals surface area contributed by atoms with Gasteiger partial charge in [-0.1, -0.05) is 13.8 Å². The molecule has 1 N–H and O–H groups in total. The molecule has 5 nitrogen and oxygen atoms in total. The van der Waals surface area contributed by atoms with Crippen molar-refractivity contribution in [2.75, 3.05) is 13.1 Å². The van der Waals surface area contributed by atoms with Crippen LogP contribution in [0.25, 0.3) is 0 Å². The first kappa shape index (κ1) is 14.4. The van der Waals surface area contributed by atoms with Gasteiger partial charge in [0.05, 0.1) is 4.92 Å². The number of phenolic OH excluding ortho intramolecular Hbond substituents is 1. The zero-order valence-electron chi connectivity index (χ0n) is 10.9. The molecular weight excluding hydrogens is 232 g/mol. The predicted molar refractivity (Wildman–Crippen MR) is 70.6 cm³/mol. The summed E-state index contributed by atoms with van der Waals surface area (Å²) in [5, 5.41) is 20.5. The highest BCUT2D eigenvalue weighted by molar-refractivity contribution is 5.42. The highest BCUT2D eigenvalue weighted by Crippen LogP contribution is 2.24. The largest absolute Gasteiger partial charge is 0.508 e. The van der Waals surface area contributed by atoms with Gasteiger partial charge in [-0.2, -0.15) is 0 Å². The van der Waals surface area contributed by atoms with E-state index in [0.29, 0.717) is 12.1 Å². The molecule has 0 fully saturated rings. The summed E-state index contributed by atoms with van der Waals surface area (Å²) in [6.07, 6.45) is 2.05. The minimum Gasteiger partial charge on any atom is -0.508 e. The van der Waals surface area contributed by atoms with Gasteiger partial charge < -0.3 is 5.11 Å². The van der Waals surface area contributed by atoms with Crippen LogP contribution < -0.4 is 0 Å². The highest BCUT2D eigenvalue weighted by atomic mass is 16.6. The van der Waals surface area contributed by atoms with Crippen LogP contribution in [0.4, 0.5) is 5.69 Å². The quantitative estimate of drug-likeness (QED) is 0.598. The van der Waals surface area contributed by atoms with Crippen LogP contribution in [0.5, 0.6) is 5.75 Å². The molecule has 0 bridgehead atoms. The van der Waals surface area contributed by atoms with Crippen LogP contribution in [-0.2, 0) is 6.54 Å². The highest BCUT2D eigenvalue weighted by Gasteiger charge is 2.12. The number of hydrogen-bond acceptors (Lipinski definition) is 4. The molecule has 1 aromatic carbocycles. The SMILES string of the molecule is CCCN(CCC)Cc1cc([N+](=O)[O-])ccc1O. The first-order valence-corrected chi connectivity index (χ1v) is 6.27. The molecule has 0 spiro atoms. The van der Waals surface area contributed by atoms with Gasteiger partial charge in [0.2, 0.25) is 0 Å². The first-order valence-electron chi connectivity index (χ1n) is 6.27. The van der Waals surface area contributed by atoms with Crippen molar-refractivity contribution in [3.8, 4) is 5.75 Å². The number of rotatable bonds is 7. The van der Waals surface area contributed by atoms with E-state index < -0.39 is 4.92 Å². The number of nitro benzene ring substituents is 1. The molecule has 1 aromatic rings. The molecule has 18 heavy (non-hydrogen) atoms.